The lowest BCUT2D eigenvalue weighted by Gasteiger charge is -2.33. The van der Waals surface area contributed by atoms with Crippen LogP contribution in [-0.2, 0) is 25.7 Å². The molecule has 5 atom stereocenters. The second-order valence-electron chi connectivity index (χ2n) is 10.8. The number of nitrogens with one attached hydrogen (secondary N) is 2. The summed E-state index contributed by atoms with van der Waals surface area (Å²) < 4.78 is 6.51. The van der Waals surface area contributed by atoms with Crippen molar-refractivity contribution in [2.45, 2.75) is 70.2 Å². The molecule has 3 saturated heterocycles. The number of para-hydroxylation sites is 1. The Morgan fingerprint density at radius 2 is 1.76 bits per heavy atom. The molecule has 3 heterocycles. The fourth-order valence-corrected chi connectivity index (χ4v) is 6.67. The molecule has 0 aliphatic carbocycles. The molecule has 2 aromatic rings. The van der Waals surface area contributed by atoms with Crippen LogP contribution in [0.2, 0.25) is 0 Å². The van der Waals surface area contributed by atoms with Crippen molar-refractivity contribution in [3.63, 3.8) is 0 Å². The molecule has 3 N–H and O–H groups in total. The number of aryl methyl sites for hydroxylation is 2. The van der Waals surface area contributed by atoms with Gasteiger partial charge >= 0.3 is 0 Å². The summed E-state index contributed by atoms with van der Waals surface area (Å²) in [5.41, 5.74) is 2.60. The van der Waals surface area contributed by atoms with E-state index >= 15 is 0 Å². The van der Waals surface area contributed by atoms with E-state index in [0.29, 0.717) is 38.8 Å². The van der Waals surface area contributed by atoms with Gasteiger partial charge in [0.15, 0.2) is 0 Å². The SMILES string of the molecule is Cc1cccc(C)c1NC(=O)C1N(CCCCCO)C(=O)[C@@H]2[C@H](C(=O)NCc3ccccc3)[C@@H]3CCC12O3. The lowest BCUT2D eigenvalue weighted by Crippen LogP contribution is -2.53. The molecule has 38 heavy (non-hydrogen) atoms. The fourth-order valence-electron chi connectivity index (χ4n) is 6.67. The van der Waals surface area contributed by atoms with Crippen LogP contribution < -0.4 is 10.6 Å². The van der Waals surface area contributed by atoms with Gasteiger partial charge < -0.3 is 25.4 Å². The Kier molecular flexibility index (Phi) is 7.54. The van der Waals surface area contributed by atoms with Gasteiger partial charge in [-0.05, 0) is 62.6 Å². The minimum absolute atomic E-state index is 0.0887. The maximum absolute atomic E-state index is 14.0. The average molecular weight is 520 g/mol. The summed E-state index contributed by atoms with van der Waals surface area (Å²) >= 11 is 0. The number of anilines is 1. The van der Waals surface area contributed by atoms with Gasteiger partial charge in [-0.3, -0.25) is 14.4 Å². The van der Waals surface area contributed by atoms with Crippen LogP contribution in [-0.4, -0.2) is 58.6 Å². The van der Waals surface area contributed by atoms with Gasteiger partial charge in [-0.1, -0.05) is 48.5 Å². The standard InChI is InChI=1S/C30H37N3O5/c1-19-10-9-11-20(2)25(19)32-28(36)26-30-15-14-22(38-30)23(27(35)31-18-21-12-5-3-6-13-21)24(30)29(37)33(26)16-7-4-8-17-34/h3,5-6,9-13,22-24,26,34H,4,7-8,14-18H2,1-2H3,(H,31,35)(H,32,36)/t22-,23+,24-,26?,30?/m0/s1. The maximum atomic E-state index is 14.0. The van der Waals surface area contributed by atoms with E-state index in [9.17, 15) is 19.5 Å². The molecule has 202 valence electrons. The number of unbranched alkanes of at least 4 members (excludes halogenated alkanes) is 2. The third kappa shape index (κ3) is 4.60. The van der Waals surface area contributed by atoms with Crippen molar-refractivity contribution in [1.82, 2.24) is 10.2 Å². The summed E-state index contributed by atoms with van der Waals surface area (Å²) in [6.07, 6.45) is 2.86. The monoisotopic (exact) mass is 519 g/mol. The predicted octanol–water partition coefficient (Wildman–Crippen LogP) is 3.10. The van der Waals surface area contributed by atoms with Gasteiger partial charge in [0.1, 0.15) is 11.6 Å². The van der Waals surface area contributed by atoms with Crippen LogP contribution in [0.1, 0.15) is 48.8 Å². The fraction of sp³-hybridized carbons (Fsp3) is 0.500. The summed E-state index contributed by atoms with van der Waals surface area (Å²) in [6.45, 7) is 4.74. The zero-order valence-corrected chi connectivity index (χ0v) is 22.1. The molecule has 3 fully saturated rings. The molecule has 8 heteroatoms. The van der Waals surface area contributed by atoms with Gasteiger partial charge in [0.05, 0.1) is 17.9 Å². The maximum Gasteiger partial charge on any atom is 0.250 e. The Morgan fingerprint density at radius 3 is 2.47 bits per heavy atom. The zero-order valence-electron chi connectivity index (χ0n) is 22.1. The highest BCUT2D eigenvalue weighted by atomic mass is 16.5. The van der Waals surface area contributed by atoms with E-state index in [1.165, 1.54) is 0 Å². The number of fused-ring (bicyclic) bond motifs is 1. The van der Waals surface area contributed by atoms with Gasteiger partial charge in [0, 0.05) is 25.4 Å². The van der Waals surface area contributed by atoms with Crippen LogP contribution >= 0.6 is 0 Å². The average Bonchev–Trinajstić information content (AvgIpc) is 3.55. The molecule has 2 unspecified atom stereocenters. The van der Waals surface area contributed by atoms with Crippen LogP contribution in [0.15, 0.2) is 48.5 Å². The first-order valence-corrected chi connectivity index (χ1v) is 13.7. The number of amides is 3. The Labute approximate surface area is 223 Å². The zero-order chi connectivity index (χ0) is 26.9. The van der Waals surface area contributed by atoms with Crippen LogP contribution in [0, 0.1) is 25.7 Å². The smallest absolute Gasteiger partial charge is 0.250 e. The number of likely N-dealkylation sites (tertiary alicyclic amines) is 1. The molecule has 0 saturated carbocycles. The molecule has 3 aliphatic heterocycles. The first kappa shape index (κ1) is 26.4. The second-order valence-corrected chi connectivity index (χ2v) is 10.8. The predicted molar refractivity (Wildman–Crippen MR) is 143 cm³/mol. The van der Waals surface area contributed by atoms with Crippen LogP contribution in [0.4, 0.5) is 5.69 Å². The number of carbonyl (C=O) groups is 3. The molecule has 3 amide bonds. The summed E-state index contributed by atoms with van der Waals surface area (Å²) in [7, 11) is 0. The van der Waals surface area contributed by atoms with E-state index in [2.05, 4.69) is 10.6 Å². The Bertz CT molecular complexity index is 1180. The van der Waals surface area contributed by atoms with Crippen molar-refractivity contribution < 1.29 is 24.2 Å². The summed E-state index contributed by atoms with van der Waals surface area (Å²) in [5.74, 6) is -1.97. The van der Waals surface area contributed by atoms with E-state index in [1.807, 2.05) is 62.4 Å². The summed E-state index contributed by atoms with van der Waals surface area (Å²) in [4.78, 5) is 43.0. The first-order chi connectivity index (χ1) is 18.4. The number of hydrogen-bond acceptors (Lipinski definition) is 5. The van der Waals surface area contributed by atoms with Crippen LogP contribution in [0.25, 0.3) is 0 Å². The molecule has 0 aromatic heterocycles. The van der Waals surface area contributed by atoms with Crippen molar-refractivity contribution >= 4 is 23.4 Å². The topological polar surface area (TPSA) is 108 Å². The molecular formula is C30H37N3O5. The van der Waals surface area contributed by atoms with E-state index in [-0.39, 0.29) is 30.4 Å². The molecule has 0 radical (unpaired) electrons. The summed E-state index contributed by atoms with van der Waals surface area (Å²) in [6, 6.07) is 14.7. The minimum atomic E-state index is -1.02. The highest BCUT2D eigenvalue weighted by molar-refractivity contribution is 6.04. The highest BCUT2D eigenvalue weighted by Crippen LogP contribution is 2.58. The third-order valence-corrected chi connectivity index (χ3v) is 8.45. The highest BCUT2D eigenvalue weighted by Gasteiger charge is 2.74. The molecule has 2 aromatic carbocycles. The van der Waals surface area contributed by atoms with E-state index in [4.69, 9.17) is 4.74 Å². The van der Waals surface area contributed by atoms with Crippen molar-refractivity contribution in [1.29, 1.82) is 0 Å². The number of rotatable bonds is 10. The number of aliphatic hydroxyl groups is 1. The Morgan fingerprint density at radius 1 is 1.03 bits per heavy atom. The van der Waals surface area contributed by atoms with Crippen molar-refractivity contribution in [3.8, 4) is 0 Å². The number of benzene rings is 2. The van der Waals surface area contributed by atoms with Crippen molar-refractivity contribution in [3.05, 3.63) is 65.2 Å². The third-order valence-electron chi connectivity index (χ3n) is 8.45. The normalized spacial score (nSPS) is 27.4. The molecule has 2 bridgehead atoms. The Hall–Kier alpha value is -3.23. The Balaban J connectivity index is 1.42. The van der Waals surface area contributed by atoms with E-state index < -0.39 is 23.5 Å². The van der Waals surface area contributed by atoms with Crippen LogP contribution in [0.3, 0.4) is 0 Å². The van der Waals surface area contributed by atoms with Crippen molar-refractivity contribution in [2.24, 2.45) is 11.8 Å². The van der Waals surface area contributed by atoms with E-state index in [1.54, 1.807) is 4.90 Å². The van der Waals surface area contributed by atoms with Gasteiger partial charge in [-0.2, -0.15) is 0 Å². The molecular weight excluding hydrogens is 482 g/mol. The molecule has 5 rings (SSSR count). The van der Waals surface area contributed by atoms with Crippen molar-refractivity contribution in [2.75, 3.05) is 18.5 Å². The number of ether oxygens (including phenoxy) is 1. The molecule has 8 nitrogen and oxygen atoms in total. The van der Waals surface area contributed by atoms with Gasteiger partial charge in [-0.25, -0.2) is 0 Å². The number of carbonyl (C=O) groups excluding carboxylic acids is 3. The summed E-state index contributed by atoms with van der Waals surface area (Å²) in [5, 5.41) is 15.3. The second kappa shape index (κ2) is 10.9. The van der Waals surface area contributed by atoms with Gasteiger partial charge in [0.25, 0.3) is 0 Å². The van der Waals surface area contributed by atoms with Gasteiger partial charge in [-0.15, -0.1) is 0 Å². The molecule has 3 aliphatic rings. The van der Waals surface area contributed by atoms with Gasteiger partial charge in [0.2, 0.25) is 17.7 Å². The molecule has 1 spiro atoms. The number of aliphatic hydroxyl groups excluding tert-OH is 1. The van der Waals surface area contributed by atoms with Crippen LogP contribution in [0.5, 0.6) is 0 Å². The van der Waals surface area contributed by atoms with E-state index in [0.717, 1.165) is 28.8 Å². The largest absolute Gasteiger partial charge is 0.396 e. The number of hydrogen-bond donors (Lipinski definition) is 3. The minimum Gasteiger partial charge on any atom is -0.396 e. The lowest BCUT2D eigenvalue weighted by atomic mass is 9.70. The first-order valence-electron chi connectivity index (χ1n) is 13.7. The number of nitrogens with zero attached hydrogens (tertiary/aromatic N) is 1. The lowest BCUT2D eigenvalue weighted by molar-refractivity contribution is -0.141. The quantitative estimate of drug-likeness (QED) is 0.418.